The number of hydrogen-bond acceptors (Lipinski definition) is 2. The zero-order valence-electron chi connectivity index (χ0n) is 13.5. The largest absolute Gasteiger partial charge is 0.311 e. The molecule has 0 spiro atoms. The van der Waals surface area contributed by atoms with Crippen LogP contribution in [0.25, 0.3) is 16.3 Å². The first-order valence-electron chi connectivity index (χ1n) is 7.84. The average molecular weight is 389 g/mol. The van der Waals surface area contributed by atoms with E-state index in [-0.39, 0.29) is 5.78 Å². The molecule has 4 heteroatoms. The minimum absolute atomic E-state index is 0.0863. The predicted molar refractivity (Wildman–Crippen MR) is 102 cm³/mol. The van der Waals surface area contributed by atoms with Gasteiger partial charge in [0, 0.05) is 21.6 Å². The maximum Gasteiger partial charge on any atom is 0.210 e. The van der Waals surface area contributed by atoms with Crippen LogP contribution in [0, 0.1) is 18.3 Å². The van der Waals surface area contributed by atoms with Crippen molar-refractivity contribution in [3.63, 3.8) is 0 Å². The second kappa shape index (κ2) is 5.87. The lowest BCUT2D eigenvalue weighted by atomic mass is 10.0. The number of rotatable bonds is 2. The highest BCUT2D eigenvalue weighted by molar-refractivity contribution is 9.10. The molecule has 0 N–H and O–H groups in total. The molecule has 0 aliphatic rings. The Labute approximate surface area is 153 Å². The first-order chi connectivity index (χ1) is 12.1. The second-order valence-corrected chi connectivity index (χ2v) is 6.83. The Balaban J connectivity index is 2.06. The van der Waals surface area contributed by atoms with Crippen molar-refractivity contribution in [1.29, 1.82) is 5.26 Å². The van der Waals surface area contributed by atoms with Gasteiger partial charge >= 0.3 is 0 Å². The lowest BCUT2D eigenvalue weighted by Gasteiger charge is -2.06. The maximum absolute atomic E-state index is 13.1. The summed E-state index contributed by atoms with van der Waals surface area (Å²) in [6.45, 7) is 1.84. The third-order valence-electron chi connectivity index (χ3n) is 4.50. The van der Waals surface area contributed by atoms with Crippen LogP contribution in [0.1, 0.15) is 27.2 Å². The van der Waals surface area contributed by atoms with Gasteiger partial charge in [-0.25, -0.2) is 0 Å². The summed E-state index contributed by atoms with van der Waals surface area (Å²) in [6.07, 6.45) is 1.87. The van der Waals surface area contributed by atoms with Crippen molar-refractivity contribution in [2.75, 3.05) is 0 Å². The SMILES string of the molecule is Cc1c(C#N)c2c3ccccc3ccn2c1C(=O)c1ccc(Br)cc1. The number of aromatic nitrogens is 1. The van der Waals surface area contributed by atoms with E-state index in [9.17, 15) is 10.1 Å². The van der Waals surface area contributed by atoms with E-state index < -0.39 is 0 Å². The van der Waals surface area contributed by atoms with Gasteiger partial charge in [0.2, 0.25) is 5.78 Å². The smallest absolute Gasteiger partial charge is 0.210 e. The van der Waals surface area contributed by atoms with Gasteiger partial charge in [-0.2, -0.15) is 5.26 Å². The van der Waals surface area contributed by atoms with Crippen molar-refractivity contribution >= 4 is 38.0 Å². The van der Waals surface area contributed by atoms with E-state index in [2.05, 4.69) is 22.0 Å². The summed E-state index contributed by atoms with van der Waals surface area (Å²) in [5.74, 6) is -0.0863. The zero-order chi connectivity index (χ0) is 17.6. The molecule has 2 aromatic heterocycles. The Morgan fingerprint density at radius 1 is 1.08 bits per heavy atom. The highest BCUT2D eigenvalue weighted by atomic mass is 79.9. The summed E-state index contributed by atoms with van der Waals surface area (Å²) < 4.78 is 2.77. The van der Waals surface area contributed by atoms with Gasteiger partial charge in [0.15, 0.2) is 0 Å². The summed E-state index contributed by atoms with van der Waals surface area (Å²) in [7, 11) is 0. The molecule has 3 nitrogen and oxygen atoms in total. The van der Waals surface area contributed by atoms with Crippen LogP contribution in [0.3, 0.4) is 0 Å². The van der Waals surface area contributed by atoms with E-state index in [4.69, 9.17) is 0 Å². The number of nitriles is 1. The lowest BCUT2D eigenvalue weighted by Crippen LogP contribution is -2.06. The molecule has 25 heavy (non-hydrogen) atoms. The first-order valence-corrected chi connectivity index (χ1v) is 8.64. The number of benzene rings is 2. The molecular weight excluding hydrogens is 376 g/mol. The number of ketones is 1. The van der Waals surface area contributed by atoms with Crippen molar-refractivity contribution in [2.45, 2.75) is 6.92 Å². The van der Waals surface area contributed by atoms with E-state index in [0.29, 0.717) is 22.4 Å². The summed E-state index contributed by atoms with van der Waals surface area (Å²) in [6, 6.07) is 19.4. The van der Waals surface area contributed by atoms with Crippen LogP contribution in [0.4, 0.5) is 0 Å². The lowest BCUT2D eigenvalue weighted by molar-refractivity contribution is 0.103. The van der Waals surface area contributed by atoms with Crippen molar-refractivity contribution < 1.29 is 4.79 Å². The van der Waals surface area contributed by atoms with Gasteiger partial charge < -0.3 is 4.40 Å². The van der Waals surface area contributed by atoms with Crippen molar-refractivity contribution in [2.24, 2.45) is 0 Å². The number of nitrogens with zero attached hydrogens (tertiary/aromatic N) is 2. The fraction of sp³-hybridized carbons (Fsp3) is 0.0476. The van der Waals surface area contributed by atoms with Gasteiger partial charge in [0.05, 0.1) is 16.8 Å². The fourth-order valence-electron chi connectivity index (χ4n) is 3.29. The van der Waals surface area contributed by atoms with E-state index >= 15 is 0 Å². The van der Waals surface area contributed by atoms with Gasteiger partial charge in [-0.05, 0) is 48.2 Å². The molecule has 0 amide bonds. The highest BCUT2D eigenvalue weighted by Crippen LogP contribution is 2.30. The third kappa shape index (κ3) is 2.36. The molecule has 0 bridgehead atoms. The van der Waals surface area contributed by atoms with Crippen LogP contribution in [0.2, 0.25) is 0 Å². The molecule has 4 rings (SSSR count). The Morgan fingerprint density at radius 2 is 1.80 bits per heavy atom. The second-order valence-electron chi connectivity index (χ2n) is 5.92. The molecule has 0 fully saturated rings. The summed E-state index contributed by atoms with van der Waals surface area (Å²) in [5.41, 5.74) is 3.20. The predicted octanol–water partition coefficient (Wildman–Crippen LogP) is 5.27. The van der Waals surface area contributed by atoms with Gasteiger partial charge in [-0.3, -0.25) is 4.79 Å². The number of pyridine rings is 1. The number of carbonyl (C=O) groups is 1. The number of hydrogen-bond donors (Lipinski definition) is 0. The summed E-state index contributed by atoms with van der Waals surface area (Å²) >= 11 is 3.39. The van der Waals surface area contributed by atoms with Crippen LogP contribution in [0.15, 0.2) is 65.3 Å². The topological polar surface area (TPSA) is 45.3 Å². The van der Waals surface area contributed by atoms with Crippen LogP contribution in [-0.2, 0) is 0 Å². The fourth-order valence-corrected chi connectivity index (χ4v) is 3.55. The van der Waals surface area contributed by atoms with Crippen molar-refractivity contribution in [3.8, 4) is 6.07 Å². The van der Waals surface area contributed by atoms with Crippen molar-refractivity contribution in [3.05, 3.63) is 87.7 Å². The average Bonchev–Trinajstić information content (AvgIpc) is 2.93. The normalized spacial score (nSPS) is 10.9. The molecule has 0 saturated heterocycles. The monoisotopic (exact) mass is 388 g/mol. The van der Waals surface area contributed by atoms with Crippen LogP contribution in [-0.4, -0.2) is 10.2 Å². The van der Waals surface area contributed by atoms with Gasteiger partial charge in [-0.1, -0.05) is 40.2 Å². The van der Waals surface area contributed by atoms with Crippen LogP contribution < -0.4 is 0 Å². The zero-order valence-corrected chi connectivity index (χ0v) is 15.0. The molecule has 2 heterocycles. The maximum atomic E-state index is 13.1. The molecule has 0 unspecified atom stereocenters. The van der Waals surface area contributed by atoms with Gasteiger partial charge in [0.1, 0.15) is 6.07 Å². The number of carbonyl (C=O) groups excluding carboxylic acids is 1. The van der Waals surface area contributed by atoms with Crippen LogP contribution >= 0.6 is 15.9 Å². The Kier molecular flexibility index (Phi) is 3.67. The molecule has 0 saturated carbocycles. The summed E-state index contributed by atoms with van der Waals surface area (Å²) in [4.78, 5) is 13.1. The molecule has 120 valence electrons. The molecule has 0 aliphatic carbocycles. The van der Waals surface area contributed by atoms with Gasteiger partial charge in [-0.15, -0.1) is 0 Å². The van der Waals surface area contributed by atoms with E-state index in [1.165, 1.54) is 0 Å². The number of fused-ring (bicyclic) bond motifs is 3. The number of halogens is 1. The van der Waals surface area contributed by atoms with Gasteiger partial charge in [0.25, 0.3) is 0 Å². The minimum Gasteiger partial charge on any atom is -0.311 e. The quantitative estimate of drug-likeness (QED) is 0.439. The van der Waals surface area contributed by atoms with E-state index in [0.717, 1.165) is 20.8 Å². The van der Waals surface area contributed by atoms with Crippen LogP contribution in [0.5, 0.6) is 0 Å². The van der Waals surface area contributed by atoms with E-state index in [1.54, 1.807) is 12.1 Å². The summed E-state index contributed by atoms with van der Waals surface area (Å²) in [5, 5.41) is 11.7. The molecular formula is C21H13BrN2O. The molecule has 2 aromatic carbocycles. The highest BCUT2D eigenvalue weighted by Gasteiger charge is 2.22. The van der Waals surface area contributed by atoms with Crippen molar-refractivity contribution in [1.82, 2.24) is 4.40 Å². The molecule has 0 atom stereocenters. The van der Waals surface area contributed by atoms with E-state index in [1.807, 2.05) is 60.0 Å². The Hall–Kier alpha value is -2.90. The molecule has 0 radical (unpaired) electrons. The first kappa shape index (κ1) is 15.6. The standard InChI is InChI=1S/C21H13BrN2O/c1-13-18(12-23)20-17-5-3-2-4-14(17)10-11-24(20)19(13)21(25)15-6-8-16(22)9-7-15/h2-11H,1H3. The third-order valence-corrected chi connectivity index (χ3v) is 5.03. The molecule has 0 aliphatic heterocycles. The Bertz CT molecular complexity index is 1180. The minimum atomic E-state index is -0.0863. The Morgan fingerprint density at radius 3 is 2.52 bits per heavy atom. The molecule has 4 aromatic rings.